The molecular formula is C16H21N5O. The second kappa shape index (κ2) is 6.68. The molecule has 2 aromatic heterocycles. The summed E-state index contributed by atoms with van der Waals surface area (Å²) in [5.74, 6) is 0.325. The maximum atomic E-state index is 12.4. The van der Waals surface area contributed by atoms with Gasteiger partial charge in [0.25, 0.3) is 5.91 Å². The molecule has 116 valence electrons. The van der Waals surface area contributed by atoms with Crippen molar-refractivity contribution in [3.8, 4) is 0 Å². The van der Waals surface area contributed by atoms with E-state index in [1.54, 1.807) is 12.4 Å². The minimum Gasteiger partial charge on any atom is -0.348 e. The van der Waals surface area contributed by atoms with Crippen LogP contribution in [0.3, 0.4) is 0 Å². The summed E-state index contributed by atoms with van der Waals surface area (Å²) in [7, 11) is 0. The van der Waals surface area contributed by atoms with Gasteiger partial charge in [0.1, 0.15) is 5.69 Å². The number of aryl methyl sites for hydroxylation is 1. The fourth-order valence-corrected chi connectivity index (χ4v) is 3.08. The highest BCUT2D eigenvalue weighted by Gasteiger charge is 2.29. The summed E-state index contributed by atoms with van der Waals surface area (Å²) in [6, 6.07) is 4.00. The molecule has 0 saturated heterocycles. The van der Waals surface area contributed by atoms with E-state index in [4.69, 9.17) is 0 Å². The summed E-state index contributed by atoms with van der Waals surface area (Å²) in [6.07, 6.45) is 9.40. The lowest BCUT2D eigenvalue weighted by atomic mass is 10.0. The lowest BCUT2D eigenvalue weighted by Gasteiger charge is -2.20. The molecule has 1 amide bonds. The first-order valence-corrected chi connectivity index (χ1v) is 7.86. The molecule has 0 aromatic carbocycles. The second-order valence-corrected chi connectivity index (χ2v) is 5.80. The van der Waals surface area contributed by atoms with Gasteiger partial charge in [0, 0.05) is 25.0 Å². The lowest BCUT2D eigenvalue weighted by molar-refractivity contribution is 0.0919. The molecule has 6 heteroatoms. The Labute approximate surface area is 129 Å². The van der Waals surface area contributed by atoms with Gasteiger partial charge >= 0.3 is 0 Å². The van der Waals surface area contributed by atoms with Crippen molar-refractivity contribution in [3.63, 3.8) is 0 Å². The predicted molar refractivity (Wildman–Crippen MR) is 82.2 cm³/mol. The number of nitrogens with one attached hydrogen (secondary N) is 1. The van der Waals surface area contributed by atoms with Crippen molar-refractivity contribution in [1.82, 2.24) is 25.3 Å². The van der Waals surface area contributed by atoms with Gasteiger partial charge in [-0.15, -0.1) is 5.10 Å². The minimum absolute atomic E-state index is 0.0780. The molecule has 0 bridgehead atoms. The van der Waals surface area contributed by atoms with Gasteiger partial charge in [-0.3, -0.25) is 14.5 Å². The first-order valence-electron chi connectivity index (χ1n) is 7.86. The van der Waals surface area contributed by atoms with Crippen molar-refractivity contribution < 1.29 is 4.79 Å². The smallest absolute Gasteiger partial charge is 0.270 e. The first-order chi connectivity index (χ1) is 10.8. The summed E-state index contributed by atoms with van der Waals surface area (Å²) < 4.78 is 1.84. The lowest BCUT2D eigenvalue weighted by Crippen LogP contribution is -2.39. The number of carbonyl (C=O) groups is 1. The van der Waals surface area contributed by atoms with E-state index < -0.39 is 0 Å². The number of hydrogen-bond acceptors (Lipinski definition) is 4. The SMILES string of the molecule is CCc1ccnc(C(=O)N[C@H]2CCC[C@H]2Cn2ccnn2)c1. The molecule has 1 aliphatic carbocycles. The van der Waals surface area contributed by atoms with E-state index in [2.05, 4.69) is 27.5 Å². The van der Waals surface area contributed by atoms with E-state index in [1.807, 2.05) is 23.0 Å². The van der Waals surface area contributed by atoms with Crippen LogP contribution in [0.4, 0.5) is 0 Å². The molecule has 2 aromatic rings. The highest BCUT2D eigenvalue weighted by atomic mass is 16.1. The van der Waals surface area contributed by atoms with Gasteiger partial charge in [-0.2, -0.15) is 0 Å². The maximum Gasteiger partial charge on any atom is 0.270 e. The van der Waals surface area contributed by atoms with Crippen molar-refractivity contribution in [2.24, 2.45) is 5.92 Å². The fraction of sp³-hybridized carbons (Fsp3) is 0.500. The highest BCUT2D eigenvalue weighted by Crippen LogP contribution is 2.27. The number of nitrogens with zero attached hydrogens (tertiary/aromatic N) is 4. The number of aromatic nitrogens is 4. The molecule has 1 aliphatic rings. The van der Waals surface area contributed by atoms with Gasteiger partial charge < -0.3 is 5.32 Å². The molecule has 0 spiro atoms. The Bertz CT molecular complexity index is 625. The van der Waals surface area contributed by atoms with E-state index in [9.17, 15) is 4.79 Å². The Morgan fingerprint density at radius 1 is 1.41 bits per heavy atom. The number of rotatable bonds is 5. The molecule has 1 fully saturated rings. The van der Waals surface area contributed by atoms with Gasteiger partial charge in [0.05, 0.1) is 6.20 Å². The van der Waals surface area contributed by atoms with Crippen LogP contribution in [-0.2, 0) is 13.0 Å². The molecular weight excluding hydrogens is 278 g/mol. The van der Waals surface area contributed by atoms with Crippen molar-refractivity contribution in [1.29, 1.82) is 0 Å². The molecule has 6 nitrogen and oxygen atoms in total. The van der Waals surface area contributed by atoms with Crippen molar-refractivity contribution in [3.05, 3.63) is 42.0 Å². The van der Waals surface area contributed by atoms with Gasteiger partial charge in [-0.25, -0.2) is 0 Å². The van der Waals surface area contributed by atoms with Crippen molar-refractivity contribution in [2.45, 2.75) is 45.2 Å². The van der Waals surface area contributed by atoms with E-state index >= 15 is 0 Å². The Balaban J connectivity index is 1.64. The van der Waals surface area contributed by atoms with Crippen LogP contribution in [-0.4, -0.2) is 31.9 Å². The first kappa shape index (κ1) is 14.7. The van der Waals surface area contributed by atoms with Crippen LogP contribution >= 0.6 is 0 Å². The molecule has 0 radical (unpaired) electrons. The zero-order chi connectivity index (χ0) is 15.4. The van der Waals surface area contributed by atoms with Crippen LogP contribution in [0.2, 0.25) is 0 Å². The van der Waals surface area contributed by atoms with Crippen LogP contribution in [0, 0.1) is 5.92 Å². The average molecular weight is 299 g/mol. The topological polar surface area (TPSA) is 72.7 Å². The largest absolute Gasteiger partial charge is 0.348 e. The Hall–Kier alpha value is -2.24. The van der Waals surface area contributed by atoms with Crippen molar-refractivity contribution >= 4 is 5.91 Å². The second-order valence-electron chi connectivity index (χ2n) is 5.80. The third-order valence-electron chi connectivity index (χ3n) is 4.33. The molecule has 22 heavy (non-hydrogen) atoms. The monoisotopic (exact) mass is 299 g/mol. The van der Waals surface area contributed by atoms with E-state index in [0.717, 1.165) is 37.8 Å². The number of pyridine rings is 1. The van der Waals surface area contributed by atoms with E-state index in [0.29, 0.717) is 11.6 Å². The summed E-state index contributed by atoms with van der Waals surface area (Å²) in [5.41, 5.74) is 1.64. The maximum absolute atomic E-state index is 12.4. The molecule has 1 N–H and O–H groups in total. The Morgan fingerprint density at radius 2 is 2.32 bits per heavy atom. The summed E-state index contributed by atoms with van der Waals surface area (Å²) in [4.78, 5) is 16.6. The molecule has 0 aliphatic heterocycles. The number of carbonyl (C=O) groups excluding carboxylic acids is 1. The van der Waals surface area contributed by atoms with Crippen LogP contribution in [0.25, 0.3) is 0 Å². The van der Waals surface area contributed by atoms with Gasteiger partial charge in [-0.1, -0.05) is 18.6 Å². The summed E-state index contributed by atoms with van der Waals surface area (Å²) in [6.45, 7) is 2.87. The molecule has 0 unspecified atom stereocenters. The third-order valence-corrected chi connectivity index (χ3v) is 4.33. The number of hydrogen-bond donors (Lipinski definition) is 1. The summed E-state index contributed by atoms with van der Waals surface area (Å²) in [5, 5.41) is 11.0. The van der Waals surface area contributed by atoms with Crippen LogP contribution in [0.1, 0.15) is 42.2 Å². The zero-order valence-corrected chi connectivity index (χ0v) is 12.8. The predicted octanol–water partition coefficient (Wildman–Crippen LogP) is 1.83. The highest BCUT2D eigenvalue weighted by molar-refractivity contribution is 5.92. The van der Waals surface area contributed by atoms with Gasteiger partial charge in [0.2, 0.25) is 0 Å². The van der Waals surface area contributed by atoms with Crippen LogP contribution < -0.4 is 5.32 Å². The third kappa shape index (κ3) is 3.32. The Morgan fingerprint density at radius 3 is 3.09 bits per heavy atom. The molecule has 3 rings (SSSR count). The van der Waals surface area contributed by atoms with Crippen LogP contribution in [0.5, 0.6) is 0 Å². The zero-order valence-electron chi connectivity index (χ0n) is 12.8. The van der Waals surface area contributed by atoms with E-state index in [-0.39, 0.29) is 11.9 Å². The van der Waals surface area contributed by atoms with Gasteiger partial charge in [-0.05, 0) is 42.9 Å². The van der Waals surface area contributed by atoms with Crippen LogP contribution in [0.15, 0.2) is 30.7 Å². The summed E-state index contributed by atoms with van der Waals surface area (Å²) >= 11 is 0. The van der Waals surface area contributed by atoms with E-state index in [1.165, 1.54) is 0 Å². The number of amides is 1. The molecule has 2 heterocycles. The van der Waals surface area contributed by atoms with Crippen molar-refractivity contribution in [2.75, 3.05) is 0 Å². The fourth-order valence-electron chi connectivity index (χ4n) is 3.08. The minimum atomic E-state index is -0.0780. The molecule has 2 atom stereocenters. The average Bonchev–Trinajstić information content (AvgIpc) is 3.20. The van der Waals surface area contributed by atoms with Gasteiger partial charge in [0.15, 0.2) is 0 Å². The standard InChI is InChI=1S/C16H21N5O/c1-2-12-6-7-17-15(10-12)16(22)19-14-5-3-4-13(14)11-21-9-8-18-20-21/h6-10,13-14H,2-5,11H2,1H3,(H,19,22)/t13-,14-/m0/s1. The quantitative estimate of drug-likeness (QED) is 0.914. The molecule has 1 saturated carbocycles. The normalized spacial score (nSPS) is 21.0. The Kier molecular flexibility index (Phi) is 4.46.